The Kier molecular flexibility index (Phi) is 10.9. The van der Waals surface area contributed by atoms with Gasteiger partial charge >= 0.3 is 23.1 Å². The second kappa shape index (κ2) is 12.0. The average Bonchev–Trinajstić information content (AvgIpc) is 2.56. The fraction of sp³-hybridized carbons (Fsp3) is 0.200. The van der Waals surface area contributed by atoms with Gasteiger partial charge in [-0.2, -0.15) is 0 Å². The van der Waals surface area contributed by atoms with E-state index in [1.807, 2.05) is 36.4 Å². The van der Waals surface area contributed by atoms with E-state index in [2.05, 4.69) is 0 Å². The molecule has 0 heterocycles. The molecule has 0 saturated carbocycles. The molecule has 0 aromatic heterocycles. The van der Waals surface area contributed by atoms with Gasteiger partial charge in [0.05, 0.1) is 11.1 Å². The summed E-state index contributed by atoms with van der Waals surface area (Å²) in [7, 11) is 0. The van der Waals surface area contributed by atoms with Crippen molar-refractivity contribution in [2.24, 2.45) is 0 Å². The third-order valence-electron chi connectivity index (χ3n) is 3.06. The van der Waals surface area contributed by atoms with Crippen molar-refractivity contribution in [1.82, 2.24) is 0 Å². The van der Waals surface area contributed by atoms with Crippen LogP contribution < -0.4 is 0 Å². The summed E-state index contributed by atoms with van der Waals surface area (Å²) in [4.78, 5) is 36.7. The number of hydrogen-bond donors (Lipinski definition) is 0. The topological polar surface area (TPSA) is 85.6 Å². The first kappa shape index (κ1) is 22.6. The largest absolute Gasteiger partial charge is 0.336 e. The standard InChI is InChI=1S/2C10H10O2.Ni/c2*1-8(11)7-10(12)9-5-3-2-4-6-9;/h2*2-6H,7H2,1H3;/p+4. The van der Waals surface area contributed by atoms with Gasteiger partial charge in [0.1, 0.15) is 0 Å². The van der Waals surface area contributed by atoms with Crippen LogP contribution in [0.4, 0.5) is 0 Å². The van der Waals surface area contributed by atoms with Crippen LogP contribution in [0.2, 0.25) is 0 Å². The molecule has 5 heteroatoms. The Labute approximate surface area is 157 Å². The third-order valence-corrected chi connectivity index (χ3v) is 3.06. The second-order valence-electron chi connectivity index (χ2n) is 5.45. The van der Waals surface area contributed by atoms with Crippen LogP contribution in [0, 0.1) is 0 Å². The van der Waals surface area contributed by atoms with E-state index in [9.17, 15) is 9.59 Å². The van der Waals surface area contributed by atoms with Crippen LogP contribution in [0.1, 0.15) is 37.8 Å². The Morgan fingerprint density at radius 2 is 0.880 bits per heavy atom. The molecule has 4 nitrogen and oxygen atoms in total. The third kappa shape index (κ3) is 9.48. The molecule has 0 amide bonds. The minimum atomic E-state index is 0. The van der Waals surface area contributed by atoms with Crippen LogP contribution >= 0.6 is 0 Å². The number of ketones is 4. The summed E-state index contributed by atoms with van der Waals surface area (Å²) in [5.41, 5.74) is 1.51. The van der Waals surface area contributed by atoms with E-state index in [1.54, 1.807) is 38.1 Å². The van der Waals surface area contributed by atoms with E-state index in [0.717, 1.165) is 11.1 Å². The van der Waals surface area contributed by atoms with Gasteiger partial charge in [-0.1, -0.05) is 36.4 Å². The van der Waals surface area contributed by atoms with Crippen molar-refractivity contribution in [1.29, 1.82) is 0 Å². The Hall–Kier alpha value is -2.39. The summed E-state index contributed by atoms with van der Waals surface area (Å²) in [6.07, 6.45) is 0.452. The van der Waals surface area contributed by atoms with E-state index in [1.165, 1.54) is 0 Å². The summed E-state index contributed by atoms with van der Waals surface area (Å²) >= 11 is 0. The first-order chi connectivity index (χ1) is 11.4. The fourth-order valence-corrected chi connectivity index (χ4v) is 1.95. The van der Waals surface area contributed by atoms with Crippen LogP contribution in [0.25, 0.3) is 0 Å². The van der Waals surface area contributed by atoms with Crippen molar-refractivity contribution in [3.05, 3.63) is 71.8 Å². The van der Waals surface area contributed by atoms with Gasteiger partial charge in [0.2, 0.25) is 0 Å². The minimum Gasteiger partial charge on any atom is -0.283 e. The van der Waals surface area contributed by atoms with Gasteiger partial charge in [0.25, 0.3) is 0 Å². The Morgan fingerprint density at radius 1 is 0.600 bits per heavy atom. The zero-order valence-electron chi connectivity index (χ0n) is 14.3. The van der Waals surface area contributed by atoms with Crippen molar-refractivity contribution in [2.45, 2.75) is 26.7 Å². The molecule has 0 aliphatic heterocycles. The number of carbonyl (C=O) groups excluding carboxylic acids is 4. The van der Waals surface area contributed by atoms with Gasteiger partial charge in [0.15, 0.2) is 12.8 Å². The van der Waals surface area contributed by atoms with Crippen molar-refractivity contribution < 1.29 is 35.7 Å². The normalized spacial score (nSPS) is 9.04. The molecule has 2 aromatic rings. The first-order valence-electron chi connectivity index (χ1n) is 7.63. The molecule has 4 N–H and O–H groups in total. The van der Waals surface area contributed by atoms with Crippen LogP contribution in [0.5, 0.6) is 0 Å². The van der Waals surface area contributed by atoms with Crippen molar-refractivity contribution in [3.8, 4) is 0 Å². The quantitative estimate of drug-likeness (QED) is 0.316. The molecule has 25 heavy (non-hydrogen) atoms. The fourth-order valence-electron chi connectivity index (χ4n) is 1.95. The van der Waals surface area contributed by atoms with Crippen molar-refractivity contribution in [3.63, 3.8) is 0 Å². The molecule has 0 aliphatic rings. The van der Waals surface area contributed by atoms with Crippen LogP contribution in [-0.2, 0) is 16.5 Å². The summed E-state index contributed by atoms with van der Waals surface area (Å²) in [5, 5.41) is 0. The Balaban J connectivity index is 0.000000443. The average molecular weight is 387 g/mol. The number of rotatable bonds is 6. The predicted octanol–water partition coefficient (Wildman–Crippen LogP) is 3.07. The molecular formula is C20H24NiO4+4. The SMILES string of the molecule is CC(=[OH+])CC(=[OH+])c1ccccc1.CC(=[OH+])CC(=[OH+])c1ccccc1.[Ni]. The maximum Gasteiger partial charge on any atom is 0.336 e. The van der Waals surface area contributed by atoms with Crippen molar-refractivity contribution >= 4 is 23.1 Å². The van der Waals surface area contributed by atoms with E-state index in [4.69, 9.17) is 9.59 Å². The summed E-state index contributed by atoms with van der Waals surface area (Å²) in [6.45, 7) is 3.14. The van der Waals surface area contributed by atoms with Gasteiger partial charge in [-0.25, -0.2) is 0 Å². The Bertz CT molecular complexity index is 645. The summed E-state index contributed by atoms with van der Waals surface area (Å²) < 4.78 is 0. The van der Waals surface area contributed by atoms with Gasteiger partial charge in [-0.15, -0.1) is 0 Å². The molecule has 2 rings (SSSR count). The van der Waals surface area contributed by atoms with Gasteiger partial charge in [0, 0.05) is 30.3 Å². The molecule has 0 unspecified atom stereocenters. The molecule has 0 radical (unpaired) electrons. The Morgan fingerprint density at radius 3 is 1.12 bits per heavy atom. The molecule has 134 valence electrons. The molecule has 0 fully saturated rings. The van der Waals surface area contributed by atoms with Gasteiger partial charge in [-0.05, 0) is 24.3 Å². The smallest absolute Gasteiger partial charge is 0.283 e. The van der Waals surface area contributed by atoms with Crippen LogP contribution in [-0.4, -0.2) is 42.3 Å². The predicted molar refractivity (Wildman–Crippen MR) is 99.4 cm³/mol. The van der Waals surface area contributed by atoms with Gasteiger partial charge < -0.3 is 0 Å². The van der Waals surface area contributed by atoms with Crippen LogP contribution in [0.3, 0.4) is 0 Å². The molecule has 0 spiro atoms. The van der Waals surface area contributed by atoms with Crippen LogP contribution in [0.15, 0.2) is 60.7 Å². The molecule has 0 atom stereocenters. The molecule has 0 aliphatic carbocycles. The molecule has 0 bridgehead atoms. The maximum absolute atomic E-state index is 9.43. The summed E-state index contributed by atoms with van der Waals surface area (Å²) in [6, 6.07) is 18.4. The maximum atomic E-state index is 9.43. The van der Waals surface area contributed by atoms with Gasteiger partial charge in [-0.3, -0.25) is 19.2 Å². The van der Waals surface area contributed by atoms with E-state index in [0.29, 0.717) is 0 Å². The molecule has 2 aromatic carbocycles. The molecular weight excluding hydrogens is 363 g/mol. The number of benzene rings is 2. The number of hydrogen-bond acceptors (Lipinski definition) is 0. The van der Waals surface area contributed by atoms with E-state index in [-0.39, 0.29) is 52.5 Å². The molecule has 0 saturated heterocycles. The van der Waals surface area contributed by atoms with Crippen molar-refractivity contribution in [2.75, 3.05) is 0 Å². The first-order valence-corrected chi connectivity index (χ1v) is 7.63. The van der Waals surface area contributed by atoms with E-state index >= 15 is 0 Å². The second-order valence-corrected chi connectivity index (χ2v) is 5.45. The minimum absolute atomic E-state index is 0. The zero-order chi connectivity index (χ0) is 17.9. The van der Waals surface area contributed by atoms with E-state index < -0.39 is 0 Å². The zero-order valence-corrected chi connectivity index (χ0v) is 15.3. The monoisotopic (exact) mass is 386 g/mol. The summed E-state index contributed by atoms with van der Waals surface area (Å²) in [5.74, 6) is 0.846.